The average molecular weight is 286 g/mol. The number of benzene rings is 2. The molecule has 5 heteroatoms. The Morgan fingerprint density at radius 1 is 1.10 bits per heavy atom. The van der Waals surface area contributed by atoms with Crippen molar-refractivity contribution in [2.45, 2.75) is 13.0 Å². The quantitative estimate of drug-likeness (QED) is 0.677. The Morgan fingerprint density at radius 2 is 1.81 bits per heavy atom. The molecule has 0 aliphatic carbocycles. The van der Waals surface area contributed by atoms with Crippen molar-refractivity contribution in [3.8, 4) is 11.5 Å². The number of carbonyl (C=O) groups excluding carboxylic acids is 1. The molecule has 21 heavy (non-hydrogen) atoms. The molecule has 2 rings (SSSR count). The molecule has 2 aromatic carbocycles. The van der Waals surface area contributed by atoms with Crippen LogP contribution in [0.2, 0.25) is 0 Å². The zero-order valence-corrected chi connectivity index (χ0v) is 11.8. The number of hydrogen-bond acceptors (Lipinski definition) is 4. The van der Waals surface area contributed by atoms with Gasteiger partial charge in [-0.1, -0.05) is 12.1 Å². The van der Waals surface area contributed by atoms with Gasteiger partial charge >= 0.3 is 0 Å². The molecular formula is C16H18N2O3. The Morgan fingerprint density at radius 3 is 2.43 bits per heavy atom. The fraction of sp³-hybridized carbons (Fsp3) is 0.188. The summed E-state index contributed by atoms with van der Waals surface area (Å²) in [5.41, 5.74) is 2.53. The molecule has 0 aromatic heterocycles. The minimum atomic E-state index is -0.0234. The Balaban J connectivity index is 1.96. The molecule has 0 radical (unpaired) electrons. The first-order chi connectivity index (χ1) is 10.1. The van der Waals surface area contributed by atoms with Crippen molar-refractivity contribution in [1.82, 2.24) is 5.32 Å². The molecule has 0 aliphatic rings. The standard InChI is InChI=1S/C16H18N2O3/c1-17-16(21)8-11-2-5-13(6-3-11)18-10-12-4-7-14(19)9-15(12)20/h2-7,9,18-20H,8,10H2,1H3,(H,17,21). The van der Waals surface area contributed by atoms with Crippen LogP contribution in [0.3, 0.4) is 0 Å². The van der Waals surface area contributed by atoms with Gasteiger partial charge in [0.2, 0.25) is 5.91 Å². The summed E-state index contributed by atoms with van der Waals surface area (Å²) >= 11 is 0. The summed E-state index contributed by atoms with van der Waals surface area (Å²) in [5.74, 6) is 0.0678. The molecule has 0 saturated carbocycles. The summed E-state index contributed by atoms with van der Waals surface area (Å²) in [4.78, 5) is 11.3. The maximum atomic E-state index is 11.3. The van der Waals surface area contributed by atoms with Gasteiger partial charge in [0.05, 0.1) is 6.42 Å². The molecule has 4 N–H and O–H groups in total. The second-order valence-electron chi connectivity index (χ2n) is 4.71. The largest absolute Gasteiger partial charge is 0.508 e. The molecule has 0 aliphatic heterocycles. The third-order valence-electron chi connectivity index (χ3n) is 3.15. The lowest BCUT2D eigenvalue weighted by Gasteiger charge is -2.09. The molecule has 0 spiro atoms. The summed E-state index contributed by atoms with van der Waals surface area (Å²) in [6.07, 6.45) is 0.357. The van der Waals surface area contributed by atoms with E-state index in [1.807, 2.05) is 24.3 Å². The topological polar surface area (TPSA) is 81.6 Å². The van der Waals surface area contributed by atoms with E-state index in [4.69, 9.17) is 0 Å². The first-order valence-electron chi connectivity index (χ1n) is 6.62. The second kappa shape index (κ2) is 6.65. The molecule has 2 aromatic rings. The van der Waals surface area contributed by atoms with Crippen LogP contribution in [-0.2, 0) is 17.8 Å². The highest BCUT2D eigenvalue weighted by molar-refractivity contribution is 5.78. The number of aromatic hydroxyl groups is 2. The highest BCUT2D eigenvalue weighted by Gasteiger charge is 2.03. The van der Waals surface area contributed by atoms with Crippen molar-refractivity contribution in [2.75, 3.05) is 12.4 Å². The second-order valence-corrected chi connectivity index (χ2v) is 4.71. The fourth-order valence-corrected chi connectivity index (χ4v) is 1.91. The molecule has 110 valence electrons. The number of likely N-dealkylation sites (N-methyl/N-ethyl adjacent to an activating group) is 1. The number of anilines is 1. The van der Waals surface area contributed by atoms with E-state index in [1.54, 1.807) is 13.1 Å². The van der Waals surface area contributed by atoms with Crippen molar-refractivity contribution >= 4 is 11.6 Å². The van der Waals surface area contributed by atoms with Crippen LogP contribution in [0.4, 0.5) is 5.69 Å². The zero-order valence-electron chi connectivity index (χ0n) is 11.8. The number of amides is 1. The van der Waals surface area contributed by atoms with Crippen LogP contribution in [0.1, 0.15) is 11.1 Å². The van der Waals surface area contributed by atoms with E-state index in [-0.39, 0.29) is 17.4 Å². The van der Waals surface area contributed by atoms with Crippen molar-refractivity contribution < 1.29 is 15.0 Å². The van der Waals surface area contributed by atoms with E-state index in [0.717, 1.165) is 11.3 Å². The predicted octanol–water partition coefficient (Wildman–Crippen LogP) is 2.00. The number of nitrogens with one attached hydrogen (secondary N) is 2. The molecule has 0 heterocycles. The summed E-state index contributed by atoms with van der Waals surface area (Å²) in [5, 5.41) is 24.7. The average Bonchev–Trinajstić information content (AvgIpc) is 2.48. The fourth-order valence-electron chi connectivity index (χ4n) is 1.91. The molecule has 0 saturated heterocycles. The van der Waals surface area contributed by atoms with Gasteiger partial charge in [-0.3, -0.25) is 4.79 Å². The van der Waals surface area contributed by atoms with Gasteiger partial charge in [0.25, 0.3) is 0 Å². The maximum absolute atomic E-state index is 11.3. The Kier molecular flexibility index (Phi) is 4.66. The summed E-state index contributed by atoms with van der Waals surface area (Å²) in [7, 11) is 1.61. The number of hydrogen-bond donors (Lipinski definition) is 4. The third-order valence-corrected chi connectivity index (χ3v) is 3.15. The van der Waals surface area contributed by atoms with Crippen molar-refractivity contribution in [3.63, 3.8) is 0 Å². The van der Waals surface area contributed by atoms with Crippen molar-refractivity contribution in [3.05, 3.63) is 53.6 Å². The monoisotopic (exact) mass is 286 g/mol. The van der Waals surface area contributed by atoms with Gasteiger partial charge in [-0.05, 0) is 29.8 Å². The number of rotatable bonds is 5. The molecule has 0 fully saturated rings. The van der Waals surface area contributed by atoms with Gasteiger partial charge in [-0.15, -0.1) is 0 Å². The van der Waals surface area contributed by atoms with E-state index in [1.165, 1.54) is 12.1 Å². The van der Waals surface area contributed by atoms with E-state index in [0.29, 0.717) is 18.5 Å². The highest BCUT2D eigenvalue weighted by atomic mass is 16.3. The summed E-state index contributed by atoms with van der Waals surface area (Å²) in [6, 6.07) is 12.0. The minimum Gasteiger partial charge on any atom is -0.508 e. The Bertz CT molecular complexity index is 624. The van der Waals surface area contributed by atoms with Crippen LogP contribution in [0.25, 0.3) is 0 Å². The lowest BCUT2D eigenvalue weighted by Crippen LogP contribution is -2.19. The summed E-state index contributed by atoms with van der Waals surface area (Å²) < 4.78 is 0. The van der Waals surface area contributed by atoms with E-state index < -0.39 is 0 Å². The van der Waals surface area contributed by atoms with Crippen LogP contribution < -0.4 is 10.6 Å². The molecule has 5 nitrogen and oxygen atoms in total. The normalized spacial score (nSPS) is 10.1. The SMILES string of the molecule is CNC(=O)Cc1ccc(NCc2ccc(O)cc2O)cc1. The molecule has 0 bridgehead atoms. The minimum absolute atomic E-state index is 0.0234. The van der Waals surface area contributed by atoms with Gasteiger partial charge in [-0.2, -0.15) is 0 Å². The van der Waals surface area contributed by atoms with Gasteiger partial charge in [0, 0.05) is 30.9 Å². The van der Waals surface area contributed by atoms with Crippen LogP contribution in [0.15, 0.2) is 42.5 Å². The highest BCUT2D eigenvalue weighted by Crippen LogP contribution is 2.23. The lowest BCUT2D eigenvalue weighted by atomic mass is 10.1. The third kappa shape index (κ3) is 4.14. The van der Waals surface area contributed by atoms with Gasteiger partial charge in [-0.25, -0.2) is 0 Å². The van der Waals surface area contributed by atoms with Crippen molar-refractivity contribution in [2.24, 2.45) is 0 Å². The van der Waals surface area contributed by atoms with Crippen LogP contribution in [-0.4, -0.2) is 23.2 Å². The number of phenols is 2. The smallest absolute Gasteiger partial charge is 0.224 e. The first-order valence-corrected chi connectivity index (χ1v) is 6.62. The maximum Gasteiger partial charge on any atom is 0.224 e. The molecule has 0 atom stereocenters. The zero-order chi connectivity index (χ0) is 15.2. The van der Waals surface area contributed by atoms with E-state index >= 15 is 0 Å². The molecule has 0 unspecified atom stereocenters. The van der Waals surface area contributed by atoms with Gasteiger partial charge in [0.15, 0.2) is 0 Å². The van der Waals surface area contributed by atoms with Gasteiger partial charge < -0.3 is 20.8 Å². The first kappa shape index (κ1) is 14.7. The summed E-state index contributed by atoms with van der Waals surface area (Å²) in [6.45, 7) is 0.445. The van der Waals surface area contributed by atoms with Crippen molar-refractivity contribution in [1.29, 1.82) is 0 Å². The van der Waals surface area contributed by atoms with Crippen LogP contribution >= 0.6 is 0 Å². The number of carbonyl (C=O) groups is 1. The van der Waals surface area contributed by atoms with E-state index in [9.17, 15) is 15.0 Å². The lowest BCUT2D eigenvalue weighted by molar-refractivity contribution is -0.119. The van der Waals surface area contributed by atoms with E-state index in [2.05, 4.69) is 10.6 Å². The van der Waals surface area contributed by atoms with Crippen LogP contribution in [0, 0.1) is 0 Å². The predicted molar refractivity (Wildman–Crippen MR) is 81.3 cm³/mol. The molecular weight excluding hydrogens is 268 g/mol. The van der Waals surface area contributed by atoms with Crippen LogP contribution in [0.5, 0.6) is 11.5 Å². The Labute approximate surface area is 123 Å². The number of phenolic OH excluding ortho intramolecular Hbond substituents is 2. The van der Waals surface area contributed by atoms with Gasteiger partial charge in [0.1, 0.15) is 11.5 Å². The molecule has 1 amide bonds. The Hall–Kier alpha value is -2.69.